The summed E-state index contributed by atoms with van der Waals surface area (Å²) in [6, 6.07) is 3.66. The van der Waals surface area contributed by atoms with Gasteiger partial charge in [-0.3, -0.25) is 5.10 Å². The Morgan fingerprint density at radius 1 is 1.32 bits per heavy atom. The van der Waals surface area contributed by atoms with Crippen LogP contribution in [0.25, 0.3) is 5.69 Å². The van der Waals surface area contributed by atoms with Crippen LogP contribution < -0.4 is 10.4 Å². The maximum absolute atomic E-state index is 12.1. The number of benzene rings is 1. The van der Waals surface area contributed by atoms with Gasteiger partial charge in [0.25, 0.3) is 0 Å². The molecule has 2 rings (SSSR count). The molecule has 0 radical (unpaired) electrons. The summed E-state index contributed by atoms with van der Waals surface area (Å²) in [7, 11) is 0. The minimum Gasteiger partial charge on any atom is -0.405 e. The van der Waals surface area contributed by atoms with Crippen LogP contribution in [0.3, 0.4) is 0 Å². The predicted molar refractivity (Wildman–Crippen MR) is 66.0 cm³/mol. The van der Waals surface area contributed by atoms with E-state index in [-0.39, 0.29) is 9.24 Å². The van der Waals surface area contributed by atoms with Gasteiger partial charge < -0.3 is 4.74 Å². The molecule has 0 bridgehead atoms. The molecule has 2 aromatic rings. The summed E-state index contributed by atoms with van der Waals surface area (Å²) in [5, 5.41) is 4.68. The molecule has 2 N–H and O–H groups in total. The van der Waals surface area contributed by atoms with Crippen molar-refractivity contribution in [2.75, 3.05) is 0 Å². The number of ether oxygens (including phenoxy) is 1. The third kappa shape index (κ3) is 3.07. The van der Waals surface area contributed by atoms with Gasteiger partial charge in [0.1, 0.15) is 5.75 Å². The monoisotopic (exact) mass is 355 g/mol. The number of hydrogen-bond donors (Lipinski definition) is 2. The zero-order valence-electron chi connectivity index (χ0n) is 8.92. The molecule has 0 spiro atoms. The molecule has 0 aliphatic heterocycles. The second-order valence-electron chi connectivity index (χ2n) is 3.36. The largest absolute Gasteiger partial charge is 0.573 e. The highest BCUT2D eigenvalue weighted by atomic mass is 79.9. The van der Waals surface area contributed by atoms with Crippen LogP contribution in [-0.2, 0) is 0 Å². The zero-order valence-corrected chi connectivity index (χ0v) is 11.3. The highest BCUT2D eigenvalue weighted by Crippen LogP contribution is 2.31. The van der Waals surface area contributed by atoms with Crippen molar-refractivity contribution in [1.82, 2.24) is 14.8 Å². The summed E-state index contributed by atoms with van der Waals surface area (Å²) in [5.41, 5.74) is -0.227. The van der Waals surface area contributed by atoms with E-state index in [0.29, 0.717) is 5.69 Å². The fourth-order valence-corrected chi connectivity index (χ4v) is 2.07. The molecule has 102 valence electrons. The molecule has 0 unspecified atom stereocenters. The zero-order chi connectivity index (χ0) is 14.2. The SMILES string of the molecule is O=c1[nH][nH]c(=S)n1-c1ccc(OC(F)(F)F)c(Br)c1. The molecule has 19 heavy (non-hydrogen) atoms. The Labute approximate surface area is 117 Å². The first kappa shape index (κ1) is 13.9. The van der Waals surface area contributed by atoms with Crippen molar-refractivity contribution in [2.24, 2.45) is 0 Å². The number of aromatic amines is 2. The van der Waals surface area contributed by atoms with Gasteiger partial charge in [0.2, 0.25) is 4.77 Å². The van der Waals surface area contributed by atoms with E-state index < -0.39 is 17.8 Å². The molecule has 0 amide bonds. The molecule has 0 atom stereocenters. The lowest BCUT2D eigenvalue weighted by Gasteiger charge is -2.11. The van der Waals surface area contributed by atoms with Gasteiger partial charge in [-0.1, -0.05) is 0 Å². The lowest BCUT2D eigenvalue weighted by Crippen LogP contribution is -2.18. The molecule has 10 heteroatoms. The Bertz CT molecular complexity index is 691. The van der Waals surface area contributed by atoms with Crippen LogP contribution in [0.2, 0.25) is 0 Å². The van der Waals surface area contributed by atoms with E-state index in [1.54, 1.807) is 0 Å². The van der Waals surface area contributed by atoms with Crippen LogP contribution in [0.15, 0.2) is 27.5 Å². The van der Waals surface area contributed by atoms with Gasteiger partial charge in [0, 0.05) is 0 Å². The van der Waals surface area contributed by atoms with E-state index in [1.807, 2.05) is 0 Å². The number of nitrogens with one attached hydrogen (secondary N) is 2. The molecule has 5 nitrogen and oxygen atoms in total. The highest BCUT2D eigenvalue weighted by Gasteiger charge is 2.32. The van der Waals surface area contributed by atoms with E-state index in [9.17, 15) is 18.0 Å². The van der Waals surface area contributed by atoms with Gasteiger partial charge in [0.05, 0.1) is 10.2 Å². The fourth-order valence-electron chi connectivity index (χ4n) is 1.38. The third-order valence-corrected chi connectivity index (χ3v) is 2.99. The second-order valence-corrected chi connectivity index (χ2v) is 4.60. The summed E-state index contributed by atoms with van der Waals surface area (Å²) < 4.78 is 41.3. The number of aromatic nitrogens is 3. The normalized spacial score (nSPS) is 11.6. The van der Waals surface area contributed by atoms with Gasteiger partial charge in [-0.05, 0) is 46.3 Å². The van der Waals surface area contributed by atoms with E-state index in [0.717, 1.165) is 10.6 Å². The number of hydrogen-bond acceptors (Lipinski definition) is 3. The Morgan fingerprint density at radius 2 is 2.00 bits per heavy atom. The lowest BCUT2D eigenvalue weighted by atomic mass is 10.3. The predicted octanol–water partition coefficient (Wildman–Crippen LogP) is 2.88. The number of alkyl halides is 3. The molecule has 1 aromatic heterocycles. The number of rotatable bonds is 2. The Morgan fingerprint density at radius 3 is 2.47 bits per heavy atom. The summed E-state index contributed by atoms with van der Waals surface area (Å²) in [6.45, 7) is 0. The van der Waals surface area contributed by atoms with Crippen molar-refractivity contribution >= 4 is 28.1 Å². The lowest BCUT2D eigenvalue weighted by molar-refractivity contribution is -0.274. The molecule has 1 aromatic carbocycles. The van der Waals surface area contributed by atoms with Crippen LogP contribution in [0.4, 0.5) is 13.2 Å². The summed E-state index contributed by atoms with van der Waals surface area (Å²) in [4.78, 5) is 11.4. The molecular formula is C9H5BrF3N3O2S. The van der Waals surface area contributed by atoms with Crippen molar-refractivity contribution in [1.29, 1.82) is 0 Å². The molecule has 0 aliphatic carbocycles. The Hall–Kier alpha value is -1.55. The van der Waals surface area contributed by atoms with Crippen LogP contribution in [0, 0.1) is 4.77 Å². The average molecular weight is 356 g/mol. The Balaban J connectivity index is 2.45. The minimum atomic E-state index is -4.79. The molecule has 1 heterocycles. The van der Waals surface area contributed by atoms with E-state index >= 15 is 0 Å². The standard InChI is InChI=1S/C9H5BrF3N3O2S/c10-5-3-4(16-7(17)14-15-8(16)19)1-2-6(5)18-9(11,12)13/h1-3H,(H,14,17)(H,15,19). The minimum absolute atomic E-state index is 0.0461. The summed E-state index contributed by atoms with van der Waals surface area (Å²) >= 11 is 7.81. The van der Waals surface area contributed by atoms with Crippen LogP contribution >= 0.6 is 28.1 Å². The highest BCUT2D eigenvalue weighted by molar-refractivity contribution is 9.10. The van der Waals surface area contributed by atoms with Gasteiger partial charge in [-0.2, -0.15) is 0 Å². The van der Waals surface area contributed by atoms with Crippen molar-refractivity contribution < 1.29 is 17.9 Å². The molecule has 0 saturated heterocycles. The van der Waals surface area contributed by atoms with Gasteiger partial charge >= 0.3 is 12.1 Å². The van der Waals surface area contributed by atoms with Crippen molar-refractivity contribution in [3.05, 3.63) is 37.9 Å². The number of halogens is 4. The first-order valence-corrected chi connectivity index (χ1v) is 5.93. The summed E-state index contributed by atoms with van der Waals surface area (Å²) in [6.07, 6.45) is -4.79. The maximum atomic E-state index is 12.1. The molecular weight excluding hydrogens is 351 g/mol. The van der Waals surface area contributed by atoms with Crippen LogP contribution in [0.5, 0.6) is 5.75 Å². The molecule has 0 fully saturated rings. The van der Waals surface area contributed by atoms with E-state index in [2.05, 4.69) is 30.9 Å². The maximum Gasteiger partial charge on any atom is 0.573 e. The van der Waals surface area contributed by atoms with E-state index in [4.69, 9.17) is 12.2 Å². The first-order valence-electron chi connectivity index (χ1n) is 4.73. The van der Waals surface area contributed by atoms with Crippen LogP contribution in [-0.4, -0.2) is 21.1 Å². The quantitative estimate of drug-likeness (QED) is 0.814. The molecule has 0 saturated carbocycles. The van der Waals surface area contributed by atoms with Crippen molar-refractivity contribution in [3.63, 3.8) is 0 Å². The van der Waals surface area contributed by atoms with Gasteiger partial charge in [-0.25, -0.2) is 14.5 Å². The smallest absolute Gasteiger partial charge is 0.405 e. The van der Waals surface area contributed by atoms with Crippen LogP contribution in [0.1, 0.15) is 0 Å². The average Bonchev–Trinajstić information content (AvgIpc) is 2.60. The first-order chi connectivity index (χ1) is 8.78. The fraction of sp³-hybridized carbons (Fsp3) is 0.111. The third-order valence-electron chi connectivity index (χ3n) is 2.08. The van der Waals surface area contributed by atoms with E-state index in [1.165, 1.54) is 12.1 Å². The number of H-pyrrole nitrogens is 2. The van der Waals surface area contributed by atoms with Crippen molar-refractivity contribution in [3.8, 4) is 11.4 Å². The topological polar surface area (TPSA) is 62.8 Å². The Kier molecular flexibility index (Phi) is 3.54. The van der Waals surface area contributed by atoms with Crippen molar-refractivity contribution in [2.45, 2.75) is 6.36 Å². The van der Waals surface area contributed by atoms with Gasteiger partial charge in [-0.15, -0.1) is 13.2 Å². The van der Waals surface area contributed by atoms with Gasteiger partial charge in [0.15, 0.2) is 0 Å². The second kappa shape index (κ2) is 4.85. The summed E-state index contributed by atoms with van der Waals surface area (Å²) in [5.74, 6) is -0.408. The number of nitrogens with zero attached hydrogens (tertiary/aromatic N) is 1. The molecule has 0 aliphatic rings.